The van der Waals surface area contributed by atoms with Gasteiger partial charge in [0.2, 0.25) is 0 Å². The van der Waals surface area contributed by atoms with E-state index in [4.69, 9.17) is 15.3 Å². The zero-order chi connectivity index (χ0) is 24.3. The highest BCUT2D eigenvalue weighted by atomic mass is 32.2. The molecule has 176 valence electrons. The van der Waals surface area contributed by atoms with Crippen LogP contribution in [0.25, 0.3) is 0 Å². The number of ketones is 1. The van der Waals surface area contributed by atoms with Crippen LogP contribution in [-0.4, -0.2) is 81.1 Å². The molecule has 2 aliphatic rings. The number of hydrogen-bond acceptors (Lipinski definition) is 12. The number of β-lactam (4-membered cyclic amide) rings is 1. The number of nitrogen functional groups attached to an aromatic ring is 1. The summed E-state index contributed by atoms with van der Waals surface area (Å²) in [5, 5.41) is 16.8. The van der Waals surface area contributed by atoms with Gasteiger partial charge in [0.15, 0.2) is 10.8 Å². The van der Waals surface area contributed by atoms with Crippen molar-refractivity contribution < 1.29 is 38.7 Å². The SMILES string of the molecule is CO/N=C(\C(=O)N[C@H]1C(=O)N2C(C(=O)O)=C(COC(=O)CC(C)=O)CS[C@@H]12)c1csc(N)n1. The summed E-state index contributed by atoms with van der Waals surface area (Å²) in [5.74, 6) is -3.82. The molecule has 3 rings (SSSR count). The van der Waals surface area contributed by atoms with Gasteiger partial charge in [0.25, 0.3) is 11.8 Å². The molecule has 2 amide bonds. The van der Waals surface area contributed by atoms with Crippen LogP contribution in [0.1, 0.15) is 19.0 Å². The number of nitrogens with two attached hydrogens (primary N) is 1. The molecule has 0 aromatic carbocycles. The number of oxime groups is 1. The number of Topliss-reactive ketones (excluding diaryl/α,β-unsaturated/α-hetero) is 1. The van der Waals surface area contributed by atoms with E-state index < -0.39 is 47.4 Å². The van der Waals surface area contributed by atoms with Crippen molar-refractivity contribution in [2.24, 2.45) is 5.16 Å². The smallest absolute Gasteiger partial charge is 0.352 e. The molecule has 2 aliphatic heterocycles. The average molecular weight is 498 g/mol. The third kappa shape index (κ3) is 5.14. The Kier molecular flexibility index (Phi) is 7.33. The Bertz CT molecular complexity index is 1080. The summed E-state index contributed by atoms with van der Waals surface area (Å²) in [5.41, 5.74) is 5.46. The minimum absolute atomic E-state index is 0.136. The van der Waals surface area contributed by atoms with Gasteiger partial charge in [-0.15, -0.1) is 23.1 Å². The lowest BCUT2D eigenvalue weighted by Crippen LogP contribution is -2.71. The number of carbonyl (C=O) groups is 5. The Morgan fingerprint density at radius 1 is 1.39 bits per heavy atom. The monoisotopic (exact) mass is 497 g/mol. The first-order valence-electron chi connectivity index (χ1n) is 9.32. The number of anilines is 1. The van der Waals surface area contributed by atoms with Crippen LogP contribution in [0, 0.1) is 0 Å². The molecule has 2 atom stereocenters. The number of thiazole rings is 1. The van der Waals surface area contributed by atoms with E-state index in [9.17, 15) is 29.1 Å². The maximum absolute atomic E-state index is 12.7. The highest BCUT2D eigenvalue weighted by Gasteiger charge is 2.54. The van der Waals surface area contributed by atoms with Crippen molar-refractivity contribution in [1.29, 1.82) is 0 Å². The maximum Gasteiger partial charge on any atom is 0.352 e. The van der Waals surface area contributed by atoms with Crippen molar-refractivity contribution in [1.82, 2.24) is 15.2 Å². The van der Waals surface area contributed by atoms with Crippen LogP contribution < -0.4 is 11.1 Å². The van der Waals surface area contributed by atoms with Gasteiger partial charge >= 0.3 is 11.9 Å². The number of carboxylic acids is 1. The number of aromatic nitrogens is 1. The number of esters is 1. The van der Waals surface area contributed by atoms with Crippen LogP contribution in [0.15, 0.2) is 21.8 Å². The van der Waals surface area contributed by atoms with Crippen LogP contribution in [0.2, 0.25) is 0 Å². The van der Waals surface area contributed by atoms with E-state index in [0.29, 0.717) is 0 Å². The Labute approximate surface area is 195 Å². The summed E-state index contributed by atoms with van der Waals surface area (Å²) in [7, 11) is 1.24. The Morgan fingerprint density at radius 3 is 2.70 bits per heavy atom. The molecule has 0 unspecified atom stereocenters. The van der Waals surface area contributed by atoms with E-state index in [0.717, 1.165) is 16.2 Å². The number of ether oxygens (including phenoxy) is 1. The number of carbonyl (C=O) groups excluding carboxylic acids is 4. The number of carboxylic acid groups (broad SMARTS) is 1. The number of thioether (sulfide) groups is 1. The normalized spacial score (nSPS) is 20.0. The largest absolute Gasteiger partial charge is 0.477 e. The summed E-state index contributed by atoms with van der Waals surface area (Å²) in [6, 6.07) is -1.02. The van der Waals surface area contributed by atoms with Gasteiger partial charge in [-0.3, -0.25) is 24.1 Å². The van der Waals surface area contributed by atoms with E-state index >= 15 is 0 Å². The molecular weight excluding hydrogens is 478 g/mol. The molecule has 1 fully saturated rings. The highest BCUT2D eigenvalue weighted by Crippen LogP contribution is 2.40. The van der Waals surface area contributed by atoms with E-state index in [1.165, 1.54) is 31.2 Å². The third-order valence-electron chi connectivity index (χ3n) is 4.50. The second-order valence-corrected chi connectivity index (χ2v) is 8.85. The molecule has 1 aromatic heterocycles. The molecule has 3 heterocycles. The van der Waals surface area contributed by atoms with Crippen molar-refractivity contribution >= 4 is 63.5 Å². The predicted molar refractivity (Wildman–Crippen MR) is 116 cm³/mol. The van der Waals surface area contributed by atoms with E-state index in [1.807, 2.05) is 0 Å². The van der Waals surface area contributed by atoms with Crippen LogP contribution in [0.5, 0.6) is 0 Å². The molecular formula is C18H19N5O8S2. The number of fused-ring (bicyclic) bond motifs is 1. The Balaban J connectivity index is 1.73. The topological polar surface area (TPSA) is 191 Å². The molecule has 15 heteroatoms. The lowest BCUT2D eigenvalue weighted by Gasteiger charge is -2.49. The molecule has 0 bridgehead atoms. The predicted octanol–water partition coefficient (Wildman–Crippen LogP) is -0.663. The van der Waals surface area contributed by atoms with Gasteiger partial charge in [-0.05, 0) is 6.92 Å². The number of hydrogen-bond donors (Lipinski definition) is 3. The first-order chi connectivity index (χ1) is 15.6. The molecule has 0 radical (unpaired) electrons. The van der Waals surface area contributed by atoms with E-state index in [-0.39, 0.29) is 40.2 Å². The van der Waals surface area contributed by atoms with Gasteiger partial charge in [0, 0.05) is 16.7 Å². The average Bonchev–Trinajstić information content (AvgIpc) is 3.18. The van der Waals surface area contributed by atoms with Crippen LogP contribution in [-0.2, 0) is 33.5 Å². The number of amides is 2. The van der Waals surface area contributed by atoms with Crippen LogP contribution in [0.3, 0.4) is 0 Å². The molecule has 1 aromatic rings. The molecule has 4 N–H and O–H groups in total. The summed E-state index contributed by atoms with van der Waals surface area (Å²) < 4.78 is 4.97. The Hall–Kier alpha value is -3.46. The van der Waals surface area contributed by atoms with Crippen molar-refractivity contribution in [3.05, 3.63) is 22.3 Å². The molecule has 33 heavy (non-hydrogen) atoms. The van der Waals surface area contributed by atoms with Crippen molar-refractivity contribution in [3.8, 4) is 0 Å². The standard InChI is InChI=1S/C18H19N5O8S2/c1-7(24)3-10(25)31-4-8-5-32-16-12(15(27)23(16)13(8)17(28)29)21-14(26)11(22-30-2)9-6-33-18(19)20-9/h6,12,16H,3-5H2,1-2H3,(H2,19,20)(H,21,26)(H,28,29)/b22-11-/t12-,16-/m0/s1. The van der Waals surface area contributed by atoms with E-state index in [1.54, 1.807) is 0 Å². The fourth-order valence-electron chi connectivity index (χ4n) is 3.12. The van der Waals surface area contributed by atoms with Gasteiger partial charge in [-0.1, -0.05) is 5.16 Å². The zero-order valence-corrected chi connectivity index (χ0v) is 19.0. The first-order valence-corrected chi connectivity index (χ1v) is 11.2. The lowest BCUT2D eigenvalue weighted by molar-refractivity contribution is -0.150. The summed E-state index contributed by atoms with van der Waals surface area (Å²) in [4.78, 5) is 69.6. The summed E-state index contributed by atoms with van der Waals surface area (Å²) >= 11 is 2.28. The zero-order valence-electron chi connectivity index (χ0n) is 17.4. The molecule has 0 spiro atoms. The number of aliphatic carboxylic acids is 1. The summed E-state index contributed by atoms with van der Waals surface area (Å²) in [6.45, 7) is 0.855. The fourth-order valence-corrected chi connectivity index (χ4v) is 4.99. The highest BCUT2D eigenvalue weighted by molar-refractivity contribution is 8.00. The number of nitrogens with zero attached hydrogens (tertiary/aromatic N) is 3. The second kappa shape index (κ2) is 9.99. The first kappa shape index (κ1) is 24.2. The van der Waals surface area contributed by atoms with E-state index in [2.05, 4.69) is 15.5 Å². The molecule has 13 nitrogen and oxygen atoms in total. The van der Waals surface area contributed by atoms with Crippen molar-refractivity contribution in [2.45, 2.75) is 24.8 Å². The van der Waals surface area contributed by atoms with Gasteiger partial charge in [0.05, 0.1) is 0 Å². The van der Waals surface area contributed by atoms with Crippen molar-refractivity contribution in [2.75, 3.05) is 25.2 Å². The minimum Gasteiger partial charge on any atom is -0.477 e. The van der Waals surface area contributed by atoms with Gasteiger partial charge < -0.3 is 25.7 Å². The number of nitrogens with one attached hydrogen (secondary N) is 1. The van der Waals surface area contributed by atoms with Gasteiger partial charge in [-0.25, -0.2) is 9.78 Å². The van der Waals surface area contributed by atoms with Gasteiger partial charge in [0.1, 0.15) is 48.7 Å². The molecule has 0 aliphatic carbocycles. The van der Waals surface area contributed by atoms with Crippen LogP contribution in [0.4, 0.5) is 5.13 Å². The lowest BCUT2D eigenvalue weighted by atomic mass is 10.0. The quantitative estimate of drug-likeness (QED) is 0.129. The van der Waals surface area contributed by atoms with Crippen LogP contribution >= 0.6 is 23.1 Å². The third-order valence-corrected chi connectivity index (χ3v) is 6.51. The second-order valence-electron chi connectivity index (χ2n) is 6.85. The van der Waals surface area contributed by atoms with Gasteiger partial charge in [-0.2, -0.15) is 0 Å². The Morgan fingerprint density at radius 2 is 2.12 bits per heavy atom. The number of rotatable bonds is 9. The van der Waals surface area contributed by atoms with Crippen molar-refractivity contribution in [3.63, 3.8) is 0 Å². The summed E-state index contributed by atoms with van der Waals surface area (Å²) in [6.07, 6.45) is -0.432. The minimum atomic E-state index is -1.38. The molecule has 0 saturated carbocycles. The fraction of sp³-hybridized carbons (Fsp3) is 0.389. The molecule has 1 saturated heterocycles. The maximum atomic E-state index is 12.7.